The number of rotatable bonds is 2. The van der Waals surface area contributed by atoms with Crippen molar-refractivity contribution in [3.05, 3.63) is 0 Å². The van der Waals surface area contributed by atoms with Crippen LogP contribution in [0.2, 0.25) is 0 Å². The number of hydrogen-bond donors (Lipinski definition) is 1. The topological polar surface area (TPSA) is 43.8 Å². The van der Waals surface area contributed by atoms with E-state index in [4.69, 9.17) is 0 Å². The summed E-state index contributed by atoms with van der Waals surface area (Å²) in [4.78, 5) is 16.2. The lowest BCUT2D eigenvalue weighted by Crippen LogP contribution is -2.48. The molecule has 17 heavy (non-hydrogen) atoms. The molecule has 1 N–H and O–H groups in total. The molecule has 1 amide bonds. The van der Waals surface area contributed by atoms with E-state index in [1.54, 1.807) is 4.90 Å². The second kappa shape index (κ2) is 5.36. The third-order valence-corrected chi connectivity index (χ3v) is 4.16. The smallest absolute Gasteiger partial charge is 0.239 e. The van der Waals surface area contributed by atoms with Crippen LogP contribution in [0.3, 0.4) is 0 Å². The maximum atomic E-state index is 12.1. The Morgan fingerprint density at radius 1 is 1.18 bits per heavy atom. The lowest BCUT2D eigenvalue weighted by atomic mass is 9.91. The van der Waals surface area contributed by atoms with Crippen LogP contribution in [0.4, 0.5) is 0 Å². The van der Waals surface area contributed by atoms with Gasteiger partial charge in [-0.1, -0.05) is 0 Å². The Labute approximate surface area is 104 Å². The van der Waals surface area contributed by atoms with Crippen molar-refractivity contribution in [3.8, 4) is 0 Å². The lowest BCUT2D eigenvalue weighted by Gasteiger charge is -2.36. The summed E-state index contributed by atoms with van der Waals surface area (Å²) in [5.74, 6) is 0.244. The van der Waals surface area contributed by atoms with Gasteiger partial charge in [0.05, 0.1) is 12.1 Å². The number of likely N-dealkylation sites (tertiary alicyclic amines) is 1. The van der Waals surface area contributed by atoms with Crippen molar-refractivity contribution in [2.45, 2.75) is 56.7 Å². The van der Waals surface area contributed by atoms with Crippen LogP contribution in [0.5, 0.6) is 0 Å². The molecule has 1 heterocycles. The van der Waals surface area contributed by atoms with Crippen molar-refractivity contribution in [2.75, 3.05) is 20.6 Å². The highest BCUT2D eigenvalue weighted by Crippen LogP contribution is 2.29. The van der Waals surface area contributed by atoms with Gasteiger partial charge in [0.15, 0.2) is 0 Å². The van der Waals surface area contributed by atoms with Crippen molar-refractivity contribution in [1.29, 1.82) is 0 Å². The molecule has 98 valence electrons. The zero-order valence-corrected chi connectivity index (χ0v) is 10.9. The Morgan fingerprint density at radius 3 is 2.41 bits per heavy atom. The first-order valence-corrected chi connectivity index (χ1v) is 6.74. The number of aliphatic hydroxyl groups is 1. The number of carbonyl (C=O) groups is 1. The molecule has 1 saturated carbocycles. The molecule has 0 aromatic carbocycles. The van der Waals surface area contributed by atoms with Crippen LogP contribution in [-0.2, 0) is 4.79 Å². The van der Waals surface area contributed by atoms with Gasteiger partial charge in [-0.05, 0) is 45.1 Å². The second-order valence-electron chi connectivity index (χ2n) is 5.59. The van der Waals surface area contributed by atoms with E-state index in [1.807, 2.05) is 14.1 Å². The zero-order chi connectivity index (χ0) is 12.4. The molecular weight excluding hydrogens is 216 g/mol. The normalized spacial score (nSPS) is 34.9. The van der Waals surface area contributed by atoms with Crippen LogP contribution < -0.4 is 0 Å². The van der Waals surface area contributed by atoms with Gasteiger partial charge in [0.2, 0.25) is 5.91 Å². The fraction of sp³-hybridized carbons (Fsp3) is 0.923. The van der Waals surface area contributed by atoms with E-state index < -0.39 is 0 Å². The average Bonchev–Trinajstić information content (AvgIpc) is 2.77. The number of aliphatic hydroxyl groups excluding tert-OH is 1. The van der Waals surface area contributed by atoms with Gasteiger partial charge < -0.3 is 10.0 Å². The molecule has 1 aliphatic carbocycles. The van der Waals surface area contributed by atoms with Gasteiger partial charge in [0, 0.05) is 20.1 Å². The number of hydrogen-bond acceptors (Lipinski definition) is 3. The molecular formula is C13H24N2O2. The predicted octanol–water partition coefficient (Wildman–Crippen LogP) is 0.842. The van der Waals surface area contributed by atoms with Crippen molar-refractivity contribution >= 4 is 5.91 Å². The summed E-state index contributed by atoms with van der Waals surface area (Å²) >= 11 is 0. The van der Waals surface area contributed by atoms with E-state index in [2.05, 4.69) is 4.90 Å². The Bertz CT molecular complexity index is 273. The fourth-order valence-electron chi connectivity index (χ4n) is 3.18. The first-order chi connectivity index (χ1) is 8.09. The van der Waals surface area contributed by atoms with Crippen LogP contribution >= 0.6 is 0 Å². The maximum Gasteiger partial charge on any atom is 0.239 e. The molecule has 2 rings (SSSR count). The maximum absolute atomic E-state index is 12.1. The molecule has 0 aromatic heterocycles. The molecule has 1 saturated heterocycles. The Kier molecular flexibility index (Phi) is 4.05. The molecule has 4 heteroatoms. The molecule has 1 unspecified atom stereocenters. The van der Waals surface area contributed by atoms with Crippen LogP contribution in [0.25, 0.3) is 0 Å². The number of likely N-dealkylation sites (N-methyl/N-ethyl adjacent to an activating group) is 1. The summed E-state index contributed by atoms with van der Waals surface area (Å²) < 4.78 is 0. The van der Waals surface area contributed by atoms with Gasteiger partial charge >= 0.3 is 0 Å². The molecule has 2 aliphatic rings. The first kappa shape index (κ1) is 12.8. The van der Waals surface area contributed by atoms with Crippen LogP contribution in [-0.4, -0.2) is 59.6 Å². The van der Waals surface area contributed by atoms with E-state index in [9.17, 15) is 9.90 Å². The van der Waals surface area contributed by atoms with Crippen molar-refractivity contribution in [2.24, 2.45) is 0 Å². The van der Waals surface area contributed by atoms with E-state index in [1.165, 1.54) is 0 Å². The van der Waals surface area contributed by atoms with Gasteiger partial charge in [-0.2, -0.15) is 0 Å². The molecule has 0 spiro atoms. The highest BCUT2D eigenvalue weighted by atomic mass is 16.3. The summed E-state index contributed by atoms with van der Waals surface area (Å²) in [6, 6.07) is 0.597. The van der Waals surface area contributed by atoms with Crippen molar-refractivity contribution < 1.29 is 9.90 Å². The minimum Gasteiger partial charge on any atom is -0.393 e. The van der Waals surface area contributed by atoms with Crippen molar-refractivity contribution in [1.82, 2.24) is 9.80 Å². The quantitative estimate of drug-likeness (QED) is 0.778. The average molecular weight is 240 g/mol. The van der Waals surface area contributed by atoms with Gasteiger partial charge in [-0.3, -0.25) is 9.69 Å². The molecule has 1 atom stereocenters. The van der Waals surface area contributed by atoms with E-state index in [0.29, 0.717) is 6.04 Å². The Morgan fingerprint density at radius 2 is 1.82 bits per heavy atom. The Hall–Kier alpha value is -0.610. The van der Waals surface area contributed by atoms with E-state index in [0.717, 1.165) is 45.1 Å². The highest BCUT2D eigenvalue weighted by molar-refractivity contribution is 5.81. The van der Waals surface area contributed by atoms with E-state index >= 15 is 0 Å². The monoisotopic (exact) mass is 240 g/mol. The van der Waals surface area contributed by atoms with Gasteiger partial charge in [-0.25, -0.2) is 0 Å². The van der Waals surface area contributed by atoms with Gasteiger partial charge in [0.1, 0.15) is 0 Å². The third kappa shape index (κ3) is 2.80. The van der Waals surface area contributed by atoms with E-state index in [-0.39, 0.29) is 18.1 Å². The highest BCUT2D eigenvalue weighted by Gasteiger charge is 2.37. The second-order valence-corrected chi connectivity index (χ2v) is 5.59. The molecule has 0 aromatic rings. The van der Waals surface area contributed by atoms with Crippen LogP contribution in [0.1, 0.15) is 38.5 Å². The number of nitrogens with zero attached hydrogens (tertiary/aromatic N) is 2. The molecule has 0 radical (unpaired) electrons. The first-order valence-electron chi connectivity index (χ1n) is 6.74. The third-order valence-electron chi connectivity index (χ3n) is 4.16. The van der Waals surface area contributed by atoms with Gasteiger partial charge in [0.25, 0.3) is 0 Å². The predicted molar refractivity (Wildman–Crippen MR) is 66.7 cm³/mol. The standard InChI is InChI=1S/C13H24N2O2/c1-14(2)13(17)12-4-3-9-15(12)10-5-7-11(16)8-6-10/h10-12,16H,3-9H2,1-2H3. The minimum atomic E-state index is -0.114. The fourth-order valence-corrected chi connectivity index (χ4v) is 3.18. The van der Waals surface area contributed by atoms with Crippen molar-refractivity contribution in [3.63, 3.8) is 0 Å². The molecule has 4 nitrogen and oxygen atoms in total. The SMILES string of the molecule is CN(C)C(=O)C1CCCN1C1CCC(O)CC1. The number of carbonyl (C=O) groups excluding carboxylic acids is 1. The van der Waals surface area contributed by atoms with Crippen LogP contribution in [0, 0.1) is 0 Å². The zero-order valence-electron chi connectivity index (χ0n) is 10.9. The Balaban J connectivity index is 1.97. The summed E-state index contributed by atoms with van der Waals surface area (Å²) in [7, 11) is 3.67. The van der Waals surface area contributed by atoms with Crippen LogP contribution in [0.15, 0.2) is 0 Å². The molecule has 0 bridgehead atoms. The van der Waals surface area contributed by atoms with Gasteiger partial charge in [-0.15, -0.1) is 0 Å². The summed E-state index contributed by atoms with van der Waals surface area (Å²) in [5.41, 5.74) is 0. The molecule has 2 fully saturated rings. The summed E-state index contributed by atoms with van der Waals surface area (Å²) in [5, 5.41) is 9.54. The lowest BCUT2D eigenvalue weighted by molar-refractivity contribution is -0.134. The largest absolute Gasteiger partial charge is 0.393 e. The number of amides is 1. The minimum absolute atomic E-state index is 0.0882. The summed E-state index contributed by atoms with van der Waals surface area (Å²) in [6.07, 6.45) is 5.88. The molecule has 1 aliphatic heterocycles. The summed E-state index contributed by atoms with van der Waals surface area (Å²) in [6.45, 7) is 1.05.